The number of aromatic nitrogens is 1. The third-order valence-electron chi connectivity index (χ3n) is 5.27. The van der Waals surface area contributed by atoms with Crippen LogP contribution in [0, 0.1) is 5.92 Å². The minimum atomic E-state index is -0.715. The van der Waals surface area contributed by atoms with Crippen LogP contribution in [0.1, 0.15) is 30.0 Å². The average molecular weight is 386 g/mol. The second-order valence-electron chi connectivity index (χ2n) is 6.79. The minimum Gasteiger partial charge on any atom is -0.493 e. The first-order valence-electron chi connectivity index (χ1n) is 9.25. The summed E-state index contributed by atoms with van der Waals surface area (Å²) in [5, 5.41) is 9.32. The van der Waals surface area contributed by atoms with Gasteiger partial charge in [-0.15, -0.1) is 0 Å². The Morgan fingerprint density at radius 1 is 1.04 bits per heavy atom. The van der Waals surface area contributed by atoms with Gasteiger partial charge in [0.05, 0.1) is 33.3 Å². The Labute approximate surface area is 164 Å². The second kappa shape index (κ2) is 8.93. The molecule has 1 aromatic carbocycles. The molecule has 1 aliphatic rings. The lowest BCUT2D eigenvalue weighted by atomic mass is 9.91. The number of carbonyl (C=O) groups is 1. The third-order valence-corrected chi connectivity index (χ3v) is 5.27. The fourth-order valence-corrected chi connectivity index (χ4v) is 3.82. The molecule has 0 saturated carbocycles. The Morgan fingerprint density at radius 3 is 2.07 bits per heavy atom. The Balaban J connectivity index is 2.02. The molecule has 0 amide bonds. The number of benzene rings is 1. The molecule has 28 heavy (non-hydrogen) atoms. The molecule has 0 radical (unpaired) electrons. The summed E-state index contributed by atoms with van der Waals surface area (Å²) in [6, 6.07) is 7.81. The van der Waals surface area contributed by atoms with Gasteiger partial charge in [-0.1, -0.05) is 0 Å². The maximum absolute atomic E-state index is 11.3. The molecule has 1 atom stereocenters. The smallest absolute Gasteiger partial charge is 0.306 e. The predicted octanol–water partition coefficient (Wildman–Crippen LogP) is 2.99. The highest BCUT2D eigenvalue weighted by Gasteiger charge is 2.31. The zero-order valence-corrected chi connectivity index (χ0v) is 16.4. The van der Waals surface area contributed by atoms with Crippen LogP contribution in [0.3, 0.4) is 0 Å². The summed E-state index contributed by atoms with van der Waals surface area (Å²) in [6.45, 7) is 1.39. The highest BCUT2D eigenvalue weighted by molar-refractivity contribution is 5.70. The number of piperidine rings is 1. The van der Waals surface area contributed by atoms with Gasteiger partial charge in [0.2, 0.25) is 5.75 Å². The molecular formula is C21H26N2O5. The maximum Gasteiger partial charge on any atom is 0.306 e. The van der Waals surface area contributed by atoms with Crippen molar-refractivity contribution in [3.63, 3.8) is 0 Å². The number of nitrogens with zero attached hydrogens (tertiary/aromatic N) is 2. The number of hydrogen-bond acceptors (Lipinski definition) is 6. The topological polar surface area (TPSA) is 81.1 Å². The summed E-state index contributed by atoms with van der Waals surface area (Å²) < 4.78 is 16.5. The first-order chi connectivity index (χ1) is 13.6. The molecule has 3 rings (SSSR count). The van der Waals surface area contributed by atoms with E-state index in [9.17, 15) is 9.90 Å². The largest absolute Gasteiger partial charge is 0.493 e. The maximum atomic E-state index is 11.3. The van der Waals surface area contributed by atoms with Crippen molar-refractivity contribution >= 4 is 5.97 Å². The van der Waals surface area contributed by atoms with E-state index in [1.165, 1.54) is 0 Å². The van der Waals surface area contributed by atoms with Gasteiger partial charge in [-0.3, -0.25) is 14.7 Å². The van der Waals surface area contributed by atoms with E-state index in [1.54, 1.807) is 33.7 Å². The normalized spacial score (nSPS) is 16.4. The molecule has 7 heteroatoms. The fourth-order valence-electron chi connectivity index (χ4n) is 3.82. The van der Waals surface area contributed by atoms with E-state index < -0.39 is 5.97 Å². The van der Waals surface area contributed by atoms with Crippen LogP contribution >= 0.6 is 0 Å². The van der Waals surface area contributed by atoms with Crippen LogP contribution in [0.2, 0.25) is 0 Å². The number of ether oxygens (including phenoxy) is 3. The molecule has 150 valence electrons. The zero-order chi connectivity index (χ0) is 20.1. The van der Waals surface area contributed by atoms with Gasteiger partial charge in [-0.2, -0.15) is 0 Å². The Morgan fingerprint density at radius 2 is 1.61 bits per heavy atom. The number of aliphatic carboxylic acids is 1. The molecule has 0 bridgehead atoms. The molecule has 1 unspecified atom stereocenters. The third kappa shape index (κ3) is 4.04. The summed E-state index contributed by atoms with van der Waals surface area (Å²) in [7, 11) is 4.78. The van der Waals surface area contributed by atoms with Crippen molar-refractivity contribution in [1.29, 1.82) is 0 Å². The summed E-state index contributed by atoms with van der Waals surface area (Å²) in [4.78, 5) is 17.8. The quantitative estimate of drug-likeness (QED) is 0.783. The van der Waals surface area contributed by atoms with Gasteiger partial charge in [-0.05, 0) is 61.3 Å². The van der Waals surface area contributed by atoms with Crippen molar-refractivity contribution in [2.75, 3.05) is 34.4 Å². The van der Waals surface area contributed by atoms with Crippen molar-refractivity contribution in [3.8, 4) is 17.2 Å². The molecule has 1 saturated heterocycles. The number of carboxylic acid groups (broad SMARTS) is 1. The summed E-state index contributed by atoms with van der Waals surface area (Å²) in [5.74, 6) is 0.738. The molecule has 0 aliphatic carbocycles. The standard InChI is InChI=1S/C21H26N2O5/c1-26-17-12-16(13-18(27-2)20(17)28-3)19(14-4-8-22-9-5-14)23-10-6-15(7-11-23)21(24)25/h4-5,8-9,12-13,15,19H,6-7,10-11H2,1-3H3,(H,24,25). The van der Waals surface area contributed by atoms with Crippen molar-refractivity contribution in [2.24, 2.45) is 5.92 Å². The van der Waals surface area contributed by atoms with E-state index in [4.69, 9.17) is 14.2 Å². The number of carboxylic acids is 1. The summed E-state index contributed by atoms with van der Waals surface area (Å²) >= 11 is 0. The predicted molar refractivity (Wildman–Crippen MR) is 104 cm³/mol. The van der Waals surface area contributed by atoms with E-state index >= 15 is 0 Å². The molecule has 1 aromatic heterocycles. The van der Waals surface area contributed by atoms with E-state index in [1.807, 2.05) is 24.3 Å². The van der Waals surface area contributed by atoms with Crippen molar-refractivity contribution < 1.29 is 24.1 Å². The van der Waals surface area contributed by atoms with Gasteiger partial charge in [0.15, 0.2) is 11.5 Å². The number of methoxy groups -OCH3 is 3. The van der Waals surface area contributed by atoms with Gasteiger partial charge < -0.3 is 19.3 Å². The van der Waals surface area contributed by atoms with Gasteiger partial charge in [-0.25, -0.2) is 0 Å². The molecule has 1 fully saturated rings. The van der Waals surface area contributed by atoms with Crippen LogP contribution in [-0.4, -0.2) is 55.4 Å². The van der Waals surface area contributed by atoms with Crippen molar-refractivity contribution in [2.45, 2.75) is 18.9 Å². The lowest BCUT2D eigenvalue weighted by molar-refractivity contribution is -0.143. The van der Waals surface area contributed by atoms with Gasteiger partial charge in [0.25, 0.3) is 0 Å². The highest BCUT2D eigenvalue weighted by atomic mass is 16.5. The SMILES string of the molecule is COc1cc(C(c2ccncc2)N2CCC(C(=O)O)CC2)cc(OC)c1OC. The molecule has 2 heterocycles. The zero-order valence-electron chi connectivity index (χ0n) is 16.4. The summed E-state index contributed by atoms with van der Waals surface area (Å²) in [5.41, 5.74) is 2.08. The number of likely N-dealkylation sites (tertiary alicyclic amines) is 1. The van der Waals surface area contributed by atoms with Gasteiger partial charge >= 0.3 is 5.97 Å². The van der Waals surface area contributed by atoms with Crippen LogP contribution in [0.15, 0.2) is 36.7 Å². The summed E-state index contributed by atoms with van der Waals surface area (Å²) in [6.07, 6.45) is 4.79. The van der Waals surface area contributed by atoms with E-state index in [0.717, 1.165) is 11.1 Å². The Kier molecular flexibility index (Phi) is 6.36. The molecule has 1 N–H and O–H groups in total. The molecule has 7 nitrogen and oxygen atoms in total. The number of pyridine rings is 1. The fraction of sp³-hybridized carbons (Fsp3) is 0.429. The van der Waals surface area contributed by atoms with Crippen LogP contribution in [0.5, 0.6) is 17.2 Å². The van der Waals surface area contributed by atoms with E-state index in [0.29, 0.717) is 43.2 Å². The van der Waals surface area contributed by atoms with Crippen LogP contribution < -0.4 is 14.2 Å². The van der Waals surface area contributed by atoms with Gasteiger partial charge in [0, 0.05) is 12.4 Å². The lowest BCUT2D eigenvalue weighted by Gasteiger charge is -2.37. The number of hydrogen-bond donors (Lipinski definition) is 1. The molecule has 0 spiro atoms. The molecular weight excluding hydrogens is 360 g/mol. The van der Waals surface area contributed by atoms with E-state index in [-0.39, 0.29) is 12.0 Å². The first-order valence-corrected chi connectivity index (χ1v) is 9.25. The first kappa shape index (κ1) is 19.9. The molecule has 1 aliphatic heterocycles. The number of rotatable bonds is 7. The monoisotopic (exact) mass is 386 g/mol. The van der Waals surface area contributed by atoms with Gasteiger partial charge in [0.1, 0.15) is 0 Å². The minimum absolute atomic E-state index is 0.0635. The lowest BCUT2D eigenvalue weighted by Crippen LogP contribution is -2.39. The van der Waals surface area contributed by atoms with E-state index in [2.05, 4.69) is 9.88 Å². The Hall–Kier alpha value is -2.80. The second-order valence-corrected chi connectivity index (χ2v) is 6.79. The van der Waals surface area contributed by atoms with Crippen LogP contribution in [0.4, 0.5) is 0 Å². The molecule has 2 aromatic rings. The van der Waals surface area contributed by atoms with Crippen LogP contribution in [-0.2, 0) is 4.79 Å². The average Bonchev–Trinajstić information content (AvgIpc) is 2.74. The Bertz CT molecular complexity index is 779. The van der Waals surface area contributed by atoms with Crippen LogP contribution in [0.25, 0.3) is 0 Å². The van der Waals surface area contributed by atoms with Crippen molar-refractivity contribution in [1.82, 2.24) is 9.88 Å². The highest BCUT2D eigenvalue weighted by Crippen LogP contribution is 2.42. The van der Waals surface area contributed by atoms with Crippen molar-refractivity contribution in [3.05, 3.63) is 47.8 Å².